The molecule has 1 heterocycles. The van der Waals surface area contributed by atoms with Gasteiger partial charge >= 0.3 is 0 Å². The minimum atomic E-state index is -3.81. The van der Waals surface area contributed by atoms with Gasteiger partial charge in [-0.05, 0) is 26.0 Å². The third-order valence-corrected chi connectivity index (χ3v) is 4.15. The molecule has 2 rings (SSSR count). The first kappa shape index (κ1) is 14.3. The highest BCUT2D eigenvalue weighted by atomic mass is 32.2. The van der Waals surface area contributed by atoms with Crippen LogP contribution in [0.1, 0.15) is 23.1 Å². The molecule has 6 nitrogen and oxygen atoms in total. The Balaban J connectivity index is 2.41. The summed E-state index contributed by atoms with van der Waals surface area (Å²) in [5, 5.41) is -0.0733. The number of nitrogens with zero attached hydrogens (tertiary/aromatic N) is 2. The minimum absolute atomic E-state index is 0.0733. The fraction of sp³-hybridized carbons (Fsp3) is 0.231. The van der Waals surface area contributed by atoms with Gasteiger partial charge in [0.1, 0.15) is 5.82 Å². The molecule has 0 radical (unpaired) electrons. The van der Waals surface area contributed by atoms with Crippen molar-refractivity contribution >= 4 is 21.5 Å². The van der Waals surface area contributed by atoms with Crippen molar-refractivity contribution in [3.8, 4) is 0 Å². The molecule has 0 saturated heterocycles. The van der Waals surface area contributed by atoms with Gasteiger partial charge in [-0.1, -0.05) is 12.1 Å². The predicted molar refractivity (Wildman–Crippen MR) is 75.2 cm³/mol. The second kappa shape index (κ2) is 5.09. The van der Waals surface area contributed by atoms with Crippen LogP contribution in [0, 0.1) is 6.92 Å². The standard InChI is InChI=1S/C13H15N3O3S/c1-9(17)11-6-4-5-7-12(11)15-20(18,19)13-8-16(3)10(2)14-13/h4-8,15H,1-3H3. The number of carbonyl (C=O) groups excluding carboxylic acids is 1. The summed E-state index contributed by atoms with van der Waals surface area (Å²) in [6.45, 7) is 3.10. The van der Waals surface area contributed by atoms with E-state index in [-0.39, 0.29) is 16.5 Å². The Kier molecular flexibility index (Phi) is 3.63. The van der Waals surface area contributed by atoms with Crippen LogP contribution in [-0.2, 0) is 17.1 Å². The largest absolute Gasteiger partial charge is 0.337 e. The maximum atomic E-state index is 12.2. The lowest BCUT2D eigenvalue weighted by Crippen LogP contribution is -2.15. The monoisotopic (exact) mass is 293 g/mol. The summed E-state index contributed by atoms with van der Waals surface area (Å²) in [6, 6.07) is 6.46. The van der Waals surface area contributed by atoms with Crippen molar-refractivity contribution in [2.24, 2.45) is 7.05 Å². The van der Waals surface area contributed by atoms with Gasteiger partial charge in [-0.25, -0.2) is 4.98 Å². The second-order valence-corrected chi connectivity index (χ2v) is 6.07. The van der Waals surface area contributed by atoms with E-state index in [0.29, 0.717) is 11.4 Å². The first-order chi connectivity index (χ1) is 9.31. The Labute approximate surface area is 117 Å². The van der Waals surface area contributed by atoms with E-state index in [1.165, 1.54) is 13.1 Å². The van der Waals surface area contributed by atoms with Crippen LogP contribution in [0.2, 0.25) is 0 Å². The van der Waals surface area contributed by atoms with Crippen molar-refractivity contribution in [2.75, 3.05) is 4.72 Å². The Morgan fingerprint density at radius 1 is 1.30 bits per heavy atom. The SMILES string of the molecule is CC(=O)c1ccccc1NS(=O)(=O)c1cn(C)c(C)n1. The number of sulfonamides is 1. The Morgan fingerprint density at radius 2 is 1.95 bits per heavy atom. The first-order valence-electron chi connectivity index (χ1n) is 5.94. The Morgan fingerprint density at radius 3 is 2.50 bits per heavy atom. The third kappa shape index (κ3) is 2.72. The van der Waals surface area contributed by atoms with Crippen LogP contribution in [0.4, 0.5) is 5.69 Å². The van der Waals surface area contributed by atoms with E-state index in [2.05, 4.69) is 9.71 Å². The summed E-state index contributed by atoms with van der Waals surface area (Å²) in [5.41, 5.74) is 0.576. The van der Waals surface area contributed by atoms with Gasteiger partial charge < -0.3 is 4.57 Å². The number of hydrogen-bond acceptors (Lipinski definition) is 4. The lowest BCUT2D eigenvalue weighted by molar-refractivity contribution is 0.101. The molecule has 1 N–H and O–H groups in total. The summed E-state index contributed by atoms with van der Waals surface area (Å²) < 4.78 is 28.5. The van der Waals surface area contributed by atoms with Crippen molar-refractivity contribution in [1.29, 1.82) is 0 Å². The number of aryl methyl sites for hydroxylation is 2. The van der Waals surface area contributed by atoms with Gasteiger partial charge in [-0.2, -0.15) is 8.42 Å². The number of aromatic nitrogens is 2. The summed E-state index contributed by atoms with van der Waals surface area (Å²) in [4.78, 5) is 15.5. The summed E-state index contributed by atoms with van der Waals surface area (Å²) in [7, 11) is -2.09. The normalized spacial score (nSPS) is 11.3. The van der Waals surface area contributed by atoms with Crippen molar-refractivity contribution in [1.82, 2.24) is 9.55 Å². The predicted octanol–water partition coefficient (Wildman–Crippen LogP) is 1.73. The molecule has 0 aliphatic carbocycles. The number of anilines is 1. The number of Topliss-reactive ketones (excluding diaryl/α,β-unsaturated/α-hetero) is 1. The van der Waals surface area contributed by atoms with E-state index < -0.39 is 10.0 Å². The van der Waals surface area contributed by atoms with Crippen molar-refractivity contribution in [3.05, 3.63) is 41.9 Å². The summed E-state index contributed by atoms with van der Waals surface area (Å²) in [6.07, 6.45) is 1.42. The minimum Gasteiger partial charge on any atom is -0.337 e. The lowest BCUT2D eigenvalue weighted by Gasteiger charge is -2.09. The Bertz CT molecular complexity index is 743. The zero-order chi connectivity index (χ0) is 14.9. The number of imidazole rings is 1. The molecule has 106 valence electrons. The van der Waals surface area contributed by atoms with E-state index in [0.717, 1.165) is 0 Å². The van der Waals surface area contributed by atoms with Gasteiger partial charge in [0.25, 0.3) is 10.0 Å². The molecule has 0 aliphatic heterocycles. The fourth-order valence-electron chi connectivity index (χ4n) is 1.73. The topological polar surface area (TPSA) is 81.1 Å². The van der Waals surface area contributed by atoms with Gasteiger partial charge in [-0.15, -0.1) is 0 Å². The van der Waals surface area contributed by atoms with Crippen molar-refractivity contribution in [2.45, 2.75) is 18.9 Å². The van der Waals surface area contributed by atoms with Crippen LogP contribution in [0.25, 0.3) is 0 Å². The molecular formula is C13H15N3O3S. The third-order valence-electron chi connectivity index (χ3n) is 2.91. The molecule has 0 amide bonds. The van der Waals surface area contributed by atoms with E-state index in [1.54, 1.807) is 42.8 Å². The molecule has 0 spiro atoms. The van der Waals surface area contributed by atoms with Crippen LogP contribution < -0.4 is 4.72 Å². The summed E-state index contributed by atoms with van der Waals surface area (Å²) in [5.74, 6) is 0.380. The lowest BCUT2D eigenvalue weighted by atomic mass is 10.1. The van der Waals surface area contributed by atoms with Crippen LogP contribution in [0.15, 0.2) is 35.5 Å². The maximum absolute atomic E-state index is 12.2. The molecule has 1 aromatic carbocycles. The van der Waals surface area contributed by atoms with Crippen LogP contribution in [-0.4, -0.2) is 23.8 Å². The van der Waals surface area contributed by atoms with E-state index in [1.807, 2.05) is 0 Å². The Hall–Kier alpha value is -2.15. The van der Waals surface area contributed by atoms with Crippen molar-refractivity contribution in [3.63, 3.8) is 0 Å². The number of rotatable bonds is 4. The molecule has 0 fully saturated rings. The molecule has 0 bridgehead atoms. The van der Waals surface area contributed by atoms with Gasteiger partial charge in [0.15, 0.2) is 10.8 Å². The summed E-state index contributed by atoms with van der Waals surface area (Å²) >= 11 is 0. The molecule has 1 aromatic heterocycles. The number of nitrogens with one attached hydrogen (secondary N) is 1. The first-order valence-corrected chi connectivity index (χ1v) is 7.42. The quantitative estimate of drug-likeness (QED) is 0.870. The number of hydrogen-bond donors (Lipinski definition) is 1. The van der Waals surface area contributed by atoms with Crippen LogP contribution in [0.5, 0.6) is 0 Å². The molecule has 0 aliphatic rings. The number of carbonyl (C=O) groups is 1. The maximum Gasteiger partial charge on any atom is 0.280 e. The zero-order valence-electron chi connectivity index (χ0n) is 11.4. The van der Waals surface area contributed by atoms with E-state index >= 15 is 0 Å². The average Bonchev–Trinajstić information content (AvgIpc) is 2.70. The molecule has 0 unspecified atom stereocenters. The van der Waals surface area contributed by atoms with Gasteiger partial charge in [0, 0.05) is 18.8 Å². The van der Waals surface area contributed by atoms with Gasteiger partial charge in [-0.3, -0.25) is 9.52 Å². The molecule has 0 atom stereocenters. The zero-order valence-corrected chi connectivity index (χ0v) is 12.2. The number of ketones is 1. The van der Waals surface area contributed by atoms with Crippen LogP contribution >= 0.6 is 0 Å². The molecule has 7 heteroatoms. The van der Waals surface area contributed by atoms with E-state index in [4.69, 9.17) is 0 Å². The molecule has 20 heavy (non-hydrogen) atoms. The van der Waals surface area contributed by atoms with E-state index in [9.17, 15) is 13.2 Å². The highest BCUT2D eigenvalue weighted by molar-refractivity contribution is 7.92. The van der Waals surface area contributed by atoms with Crippen molar-refractivity contribution < 1.29 is 13.2 Å². The second-order valence-electron chi connectivity index (χ2n) is 4.44. The molecule has 0 saturated carbocycles. The van der Waals surface area contributed by atoms with Gasteiger partial charge in [0.05, 0.1) is 5.69 Å². The number of para-hydroxylation sites is 1. The molecule has 2 aromatic rings. The molecular weight excluding hydrogens is 278 g/mol. The van der Waals surface area contributed by atoms with Gasteiger partial charge in [0.2, 0.25) is 0 Å². The highest BCUT2D eigenvalue weighted by Crippen LogP contribution is 2.20. The highest BCUT2D eigenvalue weighted by Gasteiger charge is 2.20. The smallest absolute Gasteiger partial charge is 0.280 e. The average molecular weight is 293 g/mol. The number of benzene rings is 1. The fourth-order valence-corrected chi connectivity index (χ4v) is 2.85. The van der Waals surface area contributed by atoms with Crippen LogP contribution in [0.3, 0.4) is 0 Å².